The van der Waals surface area contributed by atoms with Gasteiger partial charge in [0.1, 0.15) is 11.3 Å². The Balaban J connectivity index is 1.88. The number of amides is 3. The fraction of sp³-hybridized carbons (Fsp3) is 0.471. The Morgan fingerprint density at radius 1 is 1.27 bits per heavy atom. The Labute approximate surface area is 129 Å². The molecule has 1 aromatic rings. The van der Waals surface area contributed by atoms with E-state index in [4.69, 9.17) is 0 Å². The van der Waals surface area contributed by atoms with E-state index in [1.54, 1.807) is 6.92 Å². The zero-order valence-electron chi connectivity index (χ0n) is 12.9. The molecule has 0 bridgehead atoms. The highest BCUT2D eigenvalue weighted by Gasteiger charge is 2.48. The first kappa shape index (κ1) is 14.8. The molecule has 0 saturated carbocycles. The van der Waals surface area contributed by atoms with Gasteiger partial charge in [-0.05, 0) is 49.8 Å². The van der Waals surface area contributed by atoms with Gasteiger partial charge in [-0.25, -0.2) is 4.79 Å². The lowest BCUT2D eigenvalue weighted by Gasteiger charge is -2.23. The molecular weight excluding hydrogens is 280 g/mol. The van der Waals surface area contributed by atoms with Crippen LogP contribution in [0.15, 0.2) is 18.2 Å². The van der Waals surface area contributed by atoms with Crippen LogP contribution in [-0.2, 0) is 28.0 Å². The standard InChI is InChI=1S/C17H20N2O3/c1-11(20)8-9-19-15(21)17(2,18-16(19)22)14-7-6-12-4-3-5-13(12)10-14/h6-7,10H,3-5,8-9H2,1-2H3,(H,18,22)/t17-/m1/s1. The number of carbonyl (C=O) groups excluding carboxylic acids is 3. The highest BCUT2D eigenvalue weighted by molar-refractivity contribution is 6.07. The summed E-state index contributed by atoms with van der Waals surface area (Å²) < 4.78 is 0. The zero-order valence-corrected chi connectivity index (χ0v) is 12.9. The topological polar surface area (TPSA) is 66.5 Å². The van der Waals surface area contributed by atoms with Gasteiger partial charge in [0.25, 0.3) is 5.91 Å². The quantitative estimate of drug-likeness (QED) is 0.864. The van der Waals surface area contributed by atoms with E-state index < -0.39 is 11.6 Å². The van der Waals surface area contributed by atoms with E-state index >= 15 is 0 Å². The predicted molar refractivity (Wildman–Crippen MR) is 81.4 cm³/mol. The number of Topliss-reactive ketones (excluding diaryl/α,β-unsaturated/α-hetero) is 1. The minimum Gasteiger partial charge on any atom is -0.319 e. The molecule has 1 heterocycles. The Morgan fingerprint density at radius 2 is 2.00 bits per heavy atom. The molecule has 5 heteroatoms. The summed E-state index contributed by atoms with van der Waals surface area (Å²) in [6.07, 6.45) is 3.44. The van der Waals surface area contributed by atoms with Crippen LogP contribution in [0.3, 0.4) is 0 Å². The van der Waals surface area contributed by atoms with Crippen LogP contribution in [-0.4, -0.2) is 29.2 Å². The molecule has 1 N–H and O–H groups in total. The molecule has 1 saturated heterocycles. The zero-order chi connectivity index (χ0) is 15.9. The summed E-state index contributed by atoms with van der Waals surface area (Å²) in [4.78, 5) is 37.0. The van der Waals surface area contributed by atoms with Crippen molar-refractivity contribution in [3.05, 3.63) is 34.9 Å². The maximum atomic E-state index is 12.7. The average molecular weight is 300 g/mol. The number of benzene rings is 1. The van der Waals surface area contributed by atoms with E-state index in [1.165, 1.54) is 18.1 Å². The maximum absolute atomic E-state index is 12.7. The second-order valence-electron chi connectivity index (χ2n) is 6.30. The van der Waals surface area contributed by atoms with Crippen molar-refractivity contribution in [3.63, 3.8) is 0 Å². The van der Waals surface area contributed by atoms with Crippen molar-refractivity contribution in [2.45, 2.75) is 45.1 Å². The molecule has 0 radical (unpaired) electrons. The van der Waals surface area contributed by atoms with Crippen molar-refractivity contribution in [2.24, 2.45) is 0 Å². The van der Waals surface area contributed by atoms with E-state index in [2.05, 4.69) is 11.4 Å². The van der Waals surface area contributed by atoms with E-state index in [0.717, 1.165) is 29.7 Å². The lowest BCUT2D eigenvalue weighted by atomic mass is 9.89. The number of ketones is 1. The summed E-state index contributed by atoms with van der Waals surface area (Å²) >= 11 is 0. The van der Waals surface area contributed by atoms with Gasteiger partial charge in [0.15, 0.2) is 0 Å². The SMILES string of the molecule is CC(=O)CCN1C(=O)N[C@](C)(c2ccc3c(c2)CCC3)C1=O. The Kier molecular flexibility index (Phi) is 3.51. The Hall–Kier alpha value is -2.17. The van der Waals surface area contributed by atoms with Gasteiger partial charge >= 0.3 is 6.03 Å². The summed E-state index contributed by atoms with van der Waals surface area (Å²) in [5.41, 5.74) is 2.38. The van der Waals surface area contributed by atoms with Crippen LogP contribution in [0.1, 0.15) is 43.4 Å². The smallest absolute Gasteiger partial charge is 0.319 e. The second-order valence-corrected chi connectivity index (χ2v) is 6.30. The van der Waals surface area contributed by atoms with E-state index in [1.807, 2.05) is 12.1 Å². The molecular formula is C17H20N2O3. The van der Waals surface area contributed by atoms with Gasteiger partial charge in [0.05, 0.1) is 0 Å². The van der Waals surface area contributed by atoms with Gasteiger partial charge in [-0.15, -0.1) is 0 Å². The van der Waals surface area contributed by atoms with Crippen LogP contribution >= 0.6 is 0 Å². The second kappa shape index (κ2) is 5.23. The van der Waals surface area contributed by atoms with Gasteiger partial charge in [-0.2, -0.15) is 0 Å². The summed E-state index contributed by atoms with van der Waals surface area (Å²) in [7, 11) is 0. The minimum absolute atomic E-state index is 0.0354. The molecule has 3 amide bonds. The molecule has 0 unspecified atom stereocenters. The van der Waals surface area contributed by atoms with Crippen molar-refractivity contribution >= 4 is 17.7 Å². The third-order valence-electron chi connectivity index (χ3n) is 4.64. The van der Waals surface area contributed by atoms with E-state index in [0.29, 0.717) is 0 Å². The molecule has 1 aromatic carbocycles. The molecule has 1 aliphatic carbocycles. The van der Waals surface area contributed by atoms with Crippen LogP contribution in [0.2, 0.25) is 0 Å². The molecule has 1 fully saturated rings. The third kappa shape index (κ3) is 2.30. The Bertz CT molecular complexity index is 668. The van der Waals surface area contributed by atoms with Gasteiger partial charge in [0.2, 0.25) is 0 Å². The molecule has 1 aliphatic heterocycles. The van der Waals surface area contributed by atoms with Crippen molar-refractivity contribution in [1.82, 2.24) is 10.2 Å². The number of fused-ring (bicyclic) bond motifs is 1. The number of hydrogen-bond acceptors (Lipinski definition) is 3. The van der Waals surface area contributed by atoms with Crippen molar-refractivity contribution in [2.75, 3.05) is 6.54 Å². The van der Waals surface area contributed by atoms with Crippen LogP contribution in [0.5, 0.6) is 0 Å². The monoisotopic (exact) mass is 300 g/mol. The maximum Gasteiger partial charge on any atom is 0.325 e. The van der Waals surface area contributed by atoms with Crippen LogP contribution in [0, 0.1) is 0 Å². The average Bonchev–Trinajstić information content (AvgIpc) is 3.01. The normalized spacial score (nSPS) is 23.6. The fourth-order valence-electron chi connectivity index (χ4n) is 3.25. The number of urea groups is 1. The first-order valence-electron chi connectivity index (χ1n) is 7.67. The molecule has 3 rings (SSSR count). The molecule has 0 spiro atoms. The van der Waals surface area contributed by atoms with Crippen LogP contribution in [0.4, 0.5) is 4.79 Å². The van der Waals surface area contributed by atoms with E-state index in [9.17, 15) is 14.4 Å². The number of rotatable bonds is 4. The molecule has 1 atom stereocenters. The lowest BCUT2D eigenvalue weighted by molar-refractivity contribution is -0.131. The Morgan fingerprint density at radius 3 is 2.73 bits per heavy atom. The summed E-state index contributed by atoms with van der Waals surface area (Å²) in [6.45, 7) is 3.33. The molecule has 5 nitrogen and oxygen atoms in total. The molecule has 116 valence electrons. The summed E-state index contributed by atoms with van der Waals surface area (Å²) in [6, 6.07) is 5.60. The predicted octanol–water partition coefficient (Wildman–Crippen LogP) is 1.92. The van der Waals surface area contributed by atoms with Gasteiger partial charge in [0, 0.05) is 13.0 Å². The molecule has 0 aromatic heterocycles. The third-order valence-corrected chi connectivity index (χ3v) is 4.64. The van der Waals surface area contributed by atoms with Gasteiger partial charge in [-0.1, -0.05) is 18.2 Å². The summed E-state index contributed by atoms with van der Waals surface area (Å²) in [5.74, 6) is -0.316. The minimum atomic E-state index is -1.04. The number of nitrogens with one attached hydrogen (secondary N) is 1. The van der Waals surface area contributed by atoms with Crippen molar-refractivity contribution in [3.8, 4) is 0 Å². The van der Waals surface area contributed by atoms with Crippen LogP contribution < -0.4 is 5.32 Å². The number of nitrogens with zero attached hydrogens (tertiary/aromatic N) is 1. The first-order valence-corrected chi connectivity index (χ1v) is 7.67. The van der Waals surface area contributed by atoms with Gasteiger partial charge < -0.3 is 5.32 Å². The highest BCUT2D eigenvalue weighted by atomic mass is 16.2. The van der Waals surface area contributed by atoms with Crippen LogP contribution in [0.25, 0.3) is 0 Å². The van der Waals surface area contributed by atoms with E-state index in [-0.39, 0.29) is 24.7 Å². The van der Waals surface area contributed by atoms with Crippen molar-refractivity contribution in [1.29, 1.82) is 0 Å². The number of hydrogen-bond donors (Lipinski definition) is 1. The molecule has 22 heavy (non-hydrogen) atoms. The lowest BCUT2D eigenvalue weighted by Crippen LogP contribution is -2.41. The van der Waals surface area contributed by atoms with Gasteiger partial charge in [-0.3, -0.25) is 14.5 Å². The molecule has 2 aliphatic rings. The fourth-order valence-corrected chi connectivity index (χ4v) is 3.25. The highest BCUT2D eigenvalue weighted by Crippen LogP contribution is 2.32. The largest absolute Gasteiger partial charge is 0.325 e. The number of aryl methyl sites for hydroxylation is 2. The summed E-state index contributed by atoms with van der Waals surface area (Å²) in [5, 5.41) is 2.79. The number of imide groups is 1. The number of carbonyl (C=O) groups is 3. The van der Waals surface area contributed by atoms with Crippen molar-refractivity contribution < 1.29 is 14.4 Å². The first-order chi connectivity index (χ1) is 10.4.